The Labute approximate surface area is 152 Å². The summed E-state index contributed by atoms with van der Waals surface area (Å²) in [4.78, 5) is 1.28. The molecule has 2 aromatic heterocycles. The molecule has 0 saturated carbocycles. The SMILES string of the molecule is N#Cc1c2n3c4c(cccc4c(-c4cccs4)c-2c2sccc12)CC3. The third kappa shape index (κ3) is 1.58. The highest BCUT2D eigenvalue weighted by atomic mass is 32.1. The van der Waals surface area contributed by atoms with Gasteiger partial charge in [0.25, 0.3) is 0 Å². The van der Waals surface area contributed by atoms with Crippen molar-refractivity contribution < 1.29 is 0 Å². The molecule has 0 N–H and O–H groups in total. The molecule has 4 heteroatoms. The maximum absolute atomic E-state index is 9.92. The number of hydrogen-bond donors (Lipinski definition) is 0. The molecule has 0 atom stereocenters. The third-order valence-corrected chi connectivity index (χ3v) is 7.12. The summed E-state index contributed by atoms with van der Waals surface area (Å²) in [5.41, 5.74) is 7.23. The normalized spacial score (nSPS) is 13.2. The molecule has 2 aliphatic heterocycles. The smallest absolute Gasteiger partial charge is 0.102 e. The van der Waals surface area contributed by atoms with E-state index >= 15 is 0 Å². The van der Waals surface area contributed by atoms with Crippen molar-refractivity contribution in [1.82, 2.24) is 4.57 Å². The van der Waals surface area contributed by atoms with Crippen LogP contribution in [0.5, 0.6) is 0 Å². The summed E-state index contributed by atoms with van der Waals surface area (Å²) in [6, 6.07) is 15.6. The van der Waals surface area contributed by atoms with Gasteiger partial charge in [0.1, 0.15) is 6.07 Å². The molecule has 1 aliphatic carbocycles. The summed E-state index contributed by atoms with van der Waals surface area (Å²) in [6.45, 7) is 0.961. The Bertz CT molecular complexity index is 1300. The van der Waals surface area contributed by atoms with Gasteiger partial charge in [0.15, 0.2) is 0 Å². The van der Waals surface area contributed by atoms with Gasteiger partial charge in [-0.25, -0.2) is 0 Å². The van der Waals surface area contributed by atoms with Crippen molar-refractivity contribution in [2.45, 2.75) is 13.0 Å². The molecule has 4 heterocycles. The average Bonchev–Trinajstić information content (AvgIpc) is 3.40. The highest BCUT2D eigenvalue weighted by Crippen LogP contribution is 2.52. The molecule has 0 fully saturated rings. The van der Waals surface area contributed by atoms with E-state index in [1.54, 1.807) is 22.7 Å². The maximum atomic E-state index is 9.92. The van der Waals surface area contributed by atoms with Crippen LogP contribution in [0.1, 0.15) is 11.1 Å². The second kappa shape index (κ2) is 4.72. The van der Waals surface area contributed by atoms with Crippen LogP contribution >= 0.6 is 22.7 Å². The summed E-state index contributed by atoms with van der Waals surface area (Å²) in [5.74, 6) is 0. The first-order valence-corrected chi connectivity index (χ1v) is 10.1. The summed E-state index contributed by atoms with van der Waals surface area (Å²) in [5, 5.41) is 16.6. The number of aryl methyl sites for hydroxylation is 2. The van der Waals surface area contributed by atoms with Gasteiger partial charge >= 0.3 is 0 Å². The van der Waals surface area contributed by atoms with E-state index in [0.717, 1.165) is 29.6 Å². The van der Waals surface area contributed by atoms with Gasteiger partial charge < -0.3 is 4.57 Å². The molecule has 0 spiro atoms. The molecule has 0 amide bonds. The number of aromatic nitrogens is 1. The Kier molecular flexibility index (Phi) is 2.58. The lowest BCUT2D eigenvalue weighted by Crippen LogP contribution is -2.02. The van der Waals surface area contributed by atoms with E-state index in [0.29, 0.717) is 0 Å². The predicted octanol–water partition coefficient (Wildman–Crippen LogP) is 6.12. The molecule has 2 nitrogen and oxygen atoms in total. The second-order valence-electron chi connectivity index (χ2n) is 6.44. The van der Waals surface area contributed by atoms with Gasteiger partial charge in [0.05, 0.1) is 16.8 Å². The number of nitriles is 1. The summed E-state index contributed by atoms with van der Waals surface area (Å²) >= 11 is 3.53. The van der Waals surface area contributed by atoms with E-state index in [4.69, 9.17) is 0 Å². The van der Waals surface area contributed by atoms with E-state index < -0.39 is 0 Å². The van der Waals surface area contributed by atoms with Crippen LogP contribution in [-0.4, -0.2) is 4.57 Å². The van der Waals surface area contributed by atoms with Crippen molar-refractivity contribution in [1.29, 1.82) is 5.26 Å². The summed E-state index contributed by atoms with van der Waals surface area (Å²) < 4.78 is 3.64. The molecule has 0 saturated heterocycles. The Morgan fingerprint density at radius 3 is 2.76 bits per heavy atom. The van der Waals surface area contributed by atoms with Gasteiger partial charge in [-0.05, 0) is 34.9 Å². The lowest BCUT2D eigenvalue weighted by molar-refractivity contribution is 0.774. The number of nitrogens with zero attached hydrogens (tertiary/aromatic N) is 2. The quantitative estimate of drug-likeness (QED) is 0.356. The Morgan fingerprint density at radius 2 is 1.92 bits per heavy atom. The number of rotatable bonds is 1. The zero-order valence-corrected chi connectivity index (χ0v) is 14.9. The fourth-order valence-electron chi connectivity index (χ4n) is 4.37. The Balaban J connectivity index is 1.98. The zero-order chi connectivity index (χ0) is 16.5. The van der Waals surface area contributed by atoms with Gasteiger partial charge in [-0.15, -0.1) is 22.7 Å². The van der Waals surface area contributed by atoms with Crippen molar-refractivity contribution in [2.24, 2.45) is 0 Å². The highest BCUT2D eigenvalue weighted by molar-refractivity contribution is 7.18. The number of hydrogen-bond acceptors (Lipinski definition) is 3. The van der Waals surface area contributed by atoms with E-state index in [1.165, 1.54) is 37.2 Å². The molecule has 0 radical (unpaired) electrons. The fourth-order valence-corrected chi connectivity index (χ4v) is 6.11. The minimum absolute atomic E-state index is 0.836. The first kappa shape index (κ1) is 13.7. The molecule has 1 aromatic carbocycles. The number of fused-ring (bicyclic) bond motifs is 4. The van der Waals surface area contributed by atoms with Gasteiger partial charge in [-0.2, -0.15) is 5.26 Å². The molecule has 6 rings (SSSR count). The first-order valence-electron chi connectivity index (χ1n) is 8.29. The van der Waals surface area contributed by atoms with E-state index in [2.05, 4.69) is 57.8 Å². The lowest BCUT2D eigenvalue weighted by atomic mass is 9.97. The third-order valence-electron chi connectivity index (χ3n) is 5.30. The van der Waals surface area contributed by atoms with Crippen molar-refractivity contribution in [3.8, 4) is 27.8 Å². The zero-order valence-electron chi connectivity index (χ0n) is 13.2. The number of para-hydroxylation sites is 1. The molecular formula is C21H12N2S2. The standard InChI is InChI=1S/C21H12N2S2/c22-11-15-13-7-10-25-21(13)18-17(16-5-2-9-24-16)14-4-1-3-12-6-8-23(19(12)14)20(15)18/h1-5,7,9-10H,6,8H2. The average molecular weight is 356 g/mol. The predicted molar refractivity (Wildman–Crippen MR) is 106 cm³/mol. The Morgan fingerprint density at radius 1 is 0.960 bits per heavy atom. The van der Waals surface area contributed by atoms with Crippen LogP contribution in [0.2, 0.25) is 0 Å². The minimum atomic E-state index is 0.836. The molecular weight excluding hydrogens is 344 g/mol. The summed E-state index contributed by atoms with van der Waals surface area (Å²) in [6.07, 6.45) is 1.05. The lowest BCUT2D eigenvalue weighted by Gasteiger charge is -2.18. The topological polar surface area (TPSA) is 28.7 Å². The van der Waals surface area contributed by atoms with Crippen LogP contribution in [0.3, 0.4) is 0 Å². The van der Waals surface area contributed by atoms with Gasteiger partial charge in [-0.3, -0.25) is 0 Å². The van der Waals surface area contributed by atoms with Crippen molar-refractivity contribution in [3.05, 3.63) is 58.3 Å². The summed E-state index contributed by atoms with van der Waals surface area (Å²) in [7, 11) is 0. The highest BCUT2D eigenvalue weighted by Gasteiger charge is 2.30. The molecule has 118 valence electrons. The van der Waals surface area contributed by atoms with Gasteiger partial charge in [0.2, 0.25) is 0 Å². The van der Waals surface area contributed by atoms with Crippen LogP contribution in [0.4, 0.5) is 0 Å². The van der Waals surface area contributed by atoms with Crippen LogP contribution in [-0.2, 0) is 13.0 Å². The molecule has 0 unspecified atom stereocenters. The molecule has 25 heavy (non-hydrogen) atoms. The minimum Gasteiger partial charge on any atom is -0.339 e. The van der Waals surface area contributed by atoms with E-state index in [-0.39, 0.29) is 0 Å². The second-order valence-corrected chi connectivity index (χ2v) is 8.30. The van der Waals surface area contributed by atoms with Crippen molar-refractivity contribution in [2.75, 3.05) is 0 Å². The van der Waals surface area contributed by atoms with Crippen molar-refractivity contribution >= 4 is 43.7 Å². The Hall–Kier alpha value is -2.61. The van der Waals surface area contributed by atoms with Crippen LogP contribution in [0, 0.1) is 11.3 Å². The molecule has 3 aromatic rings. The largest absolute Gasteiger partial charge is 0.339 e. The molecule has 3 aliphatic rings. The van der Waals surface area contributed by atoms with Gasteiger partial charge in [-0.1, -0.05) is 24.3 Å². The van der Waals surface area contributed by atoms with E-state index in [1.807, 2.05) is 0 Å². The van der Waals surface area contributed by atoms with Crippen LogP contribution in [0.15, 0.2) is 47.2 Å². The van der Waals surface area contributed by atoms with Crippen LogP contribution in [0.25, 0.3) is 42.7 Å². The van der Waals surface area contributed by atoms with Crippen LogP contribution < -0.4 is 0 Å². The number of benzene rings is 1. The fraction of sp³-hybridized carbons (Fsp3) is 0.0952. The van der Waals surface area contributed by atoms with Crippen molar-refractivity contribution in [3.63, 3.8) is 0 Å². The number of pyridine rings is 1. The number of thiophene rings is 2. The maximum Gasteiger partial charge on any atom is 0.102 e. The van der Waals surface area contributed by atoms with Gasteiger partial charge in [0, 0.05) is 38.0 Å². The first-order chi connectivity index (χ1) is 12.4. The molecule has 0 bridgehead atoms. The van der Waals surface area contributed by atoms with E-state index in [9.17, 15) is 5.26 Å². The monoisotopic (exact) mass is 356 g/mol.